The van der Waals surface area contributed by atoms with Crippen LogP contribution in [0.15, 0.2) is 23.0 Å². The van der Waals surface area contributed by atoms with Gasteiger partial charge in [0.1, 0.15) is 0 Å². The molecule has 0 atom stereocenters. The molecule has 1 rings (SSSR count). The van der Waals surface area contributed by atoms with Crippen molar-refractivity contribution in [2.75, 3.05) is 6.54 Å². The SMILES string of the molecule is O=C(O)CCCNC(=O)CCc1ccoc1. The Hall–Kier alpha value is -1.78. The highest BCUT2D eigenvalue weighted by molar-refractivity contribution is 5.76. The van der Waals surface area contributed by atoms with Gasteiger partial charge >= 0.3 is 5.97 Å². The van der Waals surface area contributed by atoms with Crippen molar-refractivity contribution in [3.63, 3.8) is 0 Å². The van der Waals surface area contributed by atoms with Crippen LogP contribution in [0.2, 0.25) is 0 Å². The largest absolute Gasteiger partial charge is 0.481 e. The highest BCUT2D eigenvalue weighted by Crippen LogP contribution is 2.03. The second-order valence-corrected chi connectivity index (χ2v) is 3.48. The molecule has 0 aliphatic carbocycles. The van der Waals surface area contributed by atoms with Gasteiger partial charge in [-0.15, -0.1) is 0 Å². The smallest absolute Gasteiger partial charge is 0.303 e. The lowest BCUT2D eigenvalue weighted by molar-refractivity contribution is -0.137. The van der Waals surface area contributed by atoms with Gasteiger partial charge in [0, 0.05) is 19.4 Å². The molecule has 0 saturated carbocycles. The van der Waals surface area contributed by atoms with Crippen LogP contribution in [-0.2, 0) is 16.0 Å². The Kier molecular flexibility index (Phi) is 5.11. The predicted octanol–water partition coefficient (Wildman–Crippen LogP) is 1.19. The number of aryl methyl sites for hydroxylation is 1. The molecule has 0 aliphatic heterocycles. The number of carboxylic acid groups (broad SMARTS) is 1. The summed E-state index contributed by atoms with van der Waals surface area (Å²) in [6, 6.07) is 1.82. The number of hydrogen-bond donors (Lipinski definition) is 2. The fraction of sp³-hybridized carbons (Fsp3) is 0.455. The highest BCUT2D eigenvalue weighted by Gasteiger charge is 2.03. The molecule has 0 fully saturated rings. The topological polar surface area (TPSA) is 79.5 Å². The van der Waals surface area contributed by atoms with Crippen molar-refractivity contribution in [3.8, 4) is 0 Å². The van der Waals surface area contributed by atoms with Crippen molar-refractivity contribution in [1.82, 2.24) is 5.32 Å². The molecule has 1 aromatic rings. The Morgan fingerprint density at radius 2 is 2.19 bits per heavy atom. The summed E-state index contributed by atoms with van der Waals surface area (Å²) in [5.41, 5.74) is 0.987. The molecule has 0 aromatic carbocycles. The summed E-state index contributed by atoms with van der Waals surface area (Å²) in [7, 11) is 0. The molecule has 0 radical (unpaired) electrons. The van der Waals surface area contributed by atoms with E-state index in [1.54, 1.807) is 12.5 Å². The van der Waals surface area contributed by atoms with Crippen LogP contribution in [0.3, 0.4) is 0 Å². The van der Waals surface area contributed by atoms with E-state index in [0.717, 1.165) is 5.56 Å². The van der Waals surface area contributed by atoms with E-state index in [-0.39, 0.29) is 12.3 Å². The van der Waals surface area contributed by atoms with Crippen LogP contribution in [0.4, 0.5) is 0 Å². The van der Waals surface area contributed by atoms with Gasteiger partial charge in [0.25, 0.3) is 0 Å². The van der Waals surface area contributed by atoms with Gasteiger partial charge < -0.3 is 14.8 Å². The number of rotatable bonds is 7. The molecule has 0 spiro atoms. The number of amides is 1. The van der Waals surface area contributed by atoms with E-state index in [1.807, 2.05) is 6.07 Å². The quantitative estimate of drug-likeness (QED) is 0.683. The van der Waals surface area contributed by atoms with E-state index in [4.69, 9.17) is 9.52 Å². The van der Waals surface area contributed by atoms with Gasteiger partial charge in [0.15, 0.2) is 0 Å². The van der Waals surface area contributed by atoms with Gasteiger partial charge in [-0.05, 0) is 24.5 Å². The number of aliphatic carboxylic acids is 1. The van der Waals surface area contributed by atoms with Gasteiger partial charge in [-0.25, -0.2) is 0 Å². The van der Waals surface area contributed by atoms with Crippen LogP contribution in [0.5, 0.6) is 0 Å². The van der Waals surface area contributed by atoms with Crippen molar-refractivity contribution in [3.05, 3.63) is 24.2 Å². The maximum Gasteiger partial charge on any atom is 0.303 e. The van der Waals surface area contributed by atoms with Gasteiger partial charge in [-0.2, -0.15) is 0 Å². The van der Waals surface area contributed by atoms with Crippen molar-refractivity contribution in [2.24, 2.45) is 0 Å². The molecule has 0 aliphatic rings. The molecule has 0 bridgehead atoms. The van der Waals surface area contributed by atoms with E-state index in [9.17, 15) is 9.59 Å². The Labute approximate surface area is 93.4 Å². The van der Waals surface area contributed by atoms with E-state index < -0.39 is 5.97 Å². The van der Waals surface area contributed by atoms with Crippen LogP contribution in [0, 0.1) is 0 Å². The summed E-state index contributed by atoms with van der Waals surface area (Å²) < 4.78 is 4.87. The minimum absolute atomic E-state index is 0.0633. The van der Waals surface area contributed by atoms with Gasteiger partial charge in [-0.1, -0.05) is 0 Å². The van der Waals surface area contributed by atoms with Gasteiger partial charge in [0.05, 0.1) is 12.5 Å². The number of carbonyl (C=O) groups excluding carboxylic acids is 1. The molecular formula is C11H15NO4. The fourth-order valence-corrected chi connectivity index (χ4v) is 1.25. The first kappa shape index (κ1) is 12.3. The van der Waals surface area contributed by atoms with E-state index >= 15 is 0 Å². The van der Waals surface area contributed by atoms with E-state index in [1.165, 1.54) is 0 Å². The third-order valence-corrected chi connectivity index (χ3v) is 2.11. The summed E-state index contributed by atoms with van der Waals surface area (Å²) in [6.45, 7) is 0.413. The monoisotopic (exact) mass is 225 g/mol. The molecule has 2 N–H and O–H groups in total. The molecule has 0 saturated heterocycles. The van der Waals surface area contributed by atoms with Crippen molar-refractivity contribution >= 4 is 11.9 Å². The Morgan fingerprint density at radius 1 is 1.38 bits per heavy atom. The van der Waals surface area contributed by atoms with Crippen LogP contribution in [0.1, 0.15) is 24.8 Å². The maximum atomic E-state index is 11.3. The number of carbonyl (C=O) groups is 2. The lowest BCUT2D eigenvalue weighted by atomic mass is 10.2. The summed E-state index contributed by atoms with van der Waals surface area (Å²) in [5, 5.41) is 11.1. The third kappa shape index (κ3) is 5.19. The fourth-order valence-electron chi connectivity index (χ4n) is 1.25. The van der Waals surface area contributed by atoms with Crippen molar-refractivity contribution in [1.29, 1.82) is 0 Å². The first-order valence-electron chi connectivity index (χ1n) is 5.18. The van der Waals surface area contributed by atoms with Gasteiger partial charge in [-0.3, -0.25) is 9.59 Å². The second kappa shape index (κ2) is 6.66. The average Bonchev–Trinajstić information content (AvgIpc) is 2.74. The predicted molar refractivity (Wildman–Crippen MR) is 56.9 cm³/mol. The van der Waals surface area contributed by atoms with Crippen LogP contribution in [0.25, 0.3) is 0 Å². The Bertz CT molecular complexity index is 332. The number of hydrogen-bond acceptors (Lipinski definition) is 3. The Morgan fingerprint density at radius 3 is 2.81 bits per heavy atom. The third-order valence-electron chi connectivity index (χ3n) is 2.11. The molecular weight excluding hydrogens is 210 g/mol. The van der Waals surface area contributed by atoms with Crippen LogP contribution >= 0.6 is 0 Å². The molecule has 88 valence electrons. The standard InChI is InChI=1S/C11H15NO4/c13-10(12-6-1-2-11(14)15)4-3-9-5-7-16-8-9/h5,7-8H,1-4,6H2,(H,12,13)(H,14,15). The highest BCUT2D eigenvalue weighted by atomic mass is 16.4. The van der Waals surface area contributed by atoms with Gasteiger partial charge in [0.2, 0.25) is 5.91 Å². The first-order chi connectivity index (χ1) is 7.68. The van der Waals surface area contributed by atoms with Crippen molar-refractivity contribution in [2.45, 2.75) is 25.7 Å². The summed E-state index contributed by atoms with van der Waals surface area (Å²) in [6.07, 6.45) is 4.76. The second-order valence-electron chi connectivity index (χ2n) is 3.48. The number of nitrogens with one attached hydrogen (secondary N) is 1. The first-order valence-corrected chi connectivity index (χ1v) is 5.18. The molecule has 16 heavy (non-hydrogen) atoms. The van der Waals surface area contributed by atoms with E-state index in [2.05, 4.69) is 5.32 Å². The molecule has 1 heterocycles. The zero-order valence-corrected chi connectivity index (χ0v) is 8.94. The summed E-state index contributed by atoms with van der Waals surface area (Å²) in [5.74, 6) is -0.903. The molecule has 1 aromatic heterocycles. The zero-order chi connectivity index (χ0) is 11.8. The minimum Gasteiger partial charge on any atom is -0.481 e. The summed E-state index contributed by atoms with van der Waals surface area (Å²) in [4.78, 5) is 21.5. The Balaban J connectivity index is 2.05. The zero-order valence-electron chi connectivity index (χ0n) is 8.94. The molecule has 5 heteroatoms. The van der Waals surface area contributed by atoms with Crippen LogP contribution < -0.4 is 5.32 Å². The maximum absolute atomic E-state index is 11.3. The lowest BCUT2D eigenvalue weighted by Gasteiger charge is -2.02. The minimum atomic E-state index is -0.840. The van der Waals surface area contributed by atoms with Crippen molar-refractivity contribution < 1.29 is 19.1 Å². The molecule has 0 unspecified atom stereocenters. The molecule has 5 nitrogen and oxygen atoms in total. The molecule has 1 amide bonds. The van der Waals surface area contributed by atoms with E-state index in [0.29, 0.717) is 25.8 Å². The lowest BCUT2D eigenvalue weighted by Crippen LogP contribution is -2.25. The number of furan rings is 1. The van der Waals surface area contributed by atoms with Crippen LogP contribution in [-0.4, -0.2) is 23.5 Å². The average molecular weight is 225 g/mol. The summed E-state index contributed by atoms with van der Waals surface area (Å²) >= 11 is 0. The number of carboxylic acids is 1. The normalized spacial score (nSPS) is 10.0.